The zero-order chi connectivity index (χ0) is 13.7. The van der Waals surface area contributed by atoms with Crippen molar-refractivity contribution >= 4 is 17.5 Å². The summed E-state index contributed by atoms with van der Waals surface area (Å²) in [5.74, 6) is 1.25. The first-order valence-electron chi connectivity index (χ1n) is 5.98. The van der Waals surface area contributed by atoms with Crippen molar-refractivity contribution in [2.24, 2.45) is 0 Å². The van der Waals surface area contributed by atoms with Crippen LogP contribution < -0.4 is 14.8 Å². The Labute approximate surface area is 116 Å². The minimum absolute atomic E-state index is 0.185. The van der Waals surface area contributed by atoms with Gasteiger partial charge in [0.05, 0.1) is 12.6 Å². The van der Waals surface area contributed by atoms with E-state index >= 15 is 0 Å². The van der Waals surface area contributed by atoms with E-state index in [2.05, 4.69) is 5.32 Å². The third-order valence-corrected chi connectivity index (χ3v) is 3.07. The lowest BCUT2D eigenvalue weighted by atomic mass is 10.2. The monoisotopic (exact) mass is 285 g/mol. The van der Waals surface area contributed by atoms with Crippen LogP contribution in [0.5, 0.6) is 11.5 Å². The Morgan fingerprint density at radius 2 is 2.26 bits per heavy atom. The van der Waals surface area contributed by atoms with Crippen LogP contribution in [0.15, 0.2) is 24.3 Å². The van der Waals surface area contributed by atoms with Crippen LogP contribution in [0.4, 0.5) is 0 Å². The molecule has 0 aliphatic carbocycles. The van der Waals surface area contributed by atoms with E-state index < -0.39 is 6.10 Å². The highest BCUT2D eigenvalue weighted by atomic mass is 35.5. The quantitative estimate of drug-likeness (QED) is 0.826. The first-order valence-corrected chi connectivity index (χ1v) is 6.51. The van der Waals surface area contributed by atoms with Crippen LogP contribution in [0.3, 0.4) is 0 Å². The van der Waals surface area contributed by atoms with Gasteiger partial charge < -0.3 is 19.5 Å². The molecule has 1 aliphatic heterocycles. The molecule has 0 spiro atoms. The number of fused-ring (bicyclic) bond motifs is 1. The molecule has 0 radical (unpaired) electrons. The summed E-state index contributed by atoms with van der Waals surface area (Å²) in [6, 6.07) is 7.01. The number of hydrogen-bond acceptors (Lipinski definition) is 4. The van der Waals surface area contributed by atoms with Gasteiger partial charge in [-0.3, -0.25) is 4.79 Å². The molecule has 1 aliphatic rings. The zero-order valence-electron chi connectivity index (χ0n) is 10.6. The van der Waals surface area contributed by atoms with Crippen LogP contribution in [-0.2, 0) is 9.53 Å². The molecule has 1 amide bonds. The van der Waals surface area contributed by atoms with Crippen molar-refractivity contribution in [3.05, 3.63) is 24.3 Å². The van der Waals surface area contributed by atoms with Gasteiger partial charge in [-0.2, -0.15) is 0 Å². The maximum atomic E-state index is 12.0. The topological polar surface area (TPSA) is 56.8 Å². The maximum absolute atomic E-state index is 12.0. The lowest BCUT2D eigenvalue weighted by Crippen LogP contribution is -2.49. The molecule has 0 bridgehead atoms. The molecule has 6 heteroatoms. The summed E-state index contributed by atoms with van der Waals surface area (Å²) in [6.45, 7) is 0.546. The average Bonchev–Trinajstić information content (AvgIpc) is 2.46. The summed E-state index contributed by atoms with van der Waals surface area (Å²) in [5, 5.41) is 2.77. The fraction of sp³-hybridized carbons (Fsp3) is 0.462. The molecular formula is C13H16ClNO4. The third kappa shape index (κ3) is 3.52. The summed E-state index contributed by atoms with van der Waals surface area (Å²) in [6.07, 6.45) is -0.669. The molecule has 1 N–H and O–H groups in total. The molecule has 0 fully saturated rings. The first-order chi connectivity index (χ1) is 9.24. The molecule has 1 aromatic carbocycles. The van der Waals surface area contributed by atoms with E-state index in [9.17, 15) is 4.79 Å². The van der Waals surface area contributed by atoms with Gasteiger partial charge in [0.2, 0.25) is 6.10 Å². The van der Waals surface area contributed by atoms with Crippen molar-refractivity contribution in [1.82, 2.24) is 5.32 Å². The summed E-state index contributed by atoms with van der Waals surface area (Å²) >= 11 is 5.74. The van der Waals surface area contributed by atoms with Gasteiger partial charge in [-0.05, 0) is 12.1 Å². The number of rotatable bonds is 5. The van der Waals surface area contributed by atoms with Crippen LogP contribution in [0, 0.1) is 0 Å². The largest absolute Gasteiger partial charge is 0.485 e. The summed E-state index contributed by atoms with van der Waals surface area (Å²) < 4.78 is 16.0. The lowest BCUT2D eigenvalue weighted by molar-refractivity contribution is -0.131. The first kappa shape index (κ1) is 14.0. The van der Waals surface area contributed by atoms with Crippen molar-refractivity contribution in [2.75, 3.05) is 26.2 Å². The standard InChI is InChI=1S/C13H16ClNO4/c1-17-7-9(6-14)15-13(16)12-8-18-10-4-2-3-5-11(10)19-12/h2-5,9,12H,6-8H2,1H3,(H,15,16). The van der Waals surface area contributed by atoms with Gasteiger partial charge in [0.1, 0.15) is 6.61 Å². The van der Waals surface area contributed by atoms with E-state index in [-0.39, 0.29) is 24.4 Å². The molecule has 19 heavy (non-hydrogen) atoms. The fourth-order valence-corrected chi connectivity index (χ4v) is 1.94. The second kappa shape index (κ2) is 6.63. The van der Waals surface area contributed by atoms with Gasteiger partial charge in [-0.15, -0.1) is 11.6 Å². The Kier molecular flexibility index (Phi) is 4.87. The normalized spacial score (nSPS) is 18.7. The molecule has 0 saturated heterocycles. The molecule has 5 nitrogen and oxygen atoms in total. The number of carbonyl (C=O) groups excluding carboxylic acids is 1. The van der Waals surface area contributed by atoms with Gasteiger partial charge in [0.25, 0.3) is 5.91 Å². The highest BCUT2D eigenvalue weighted by molar-refractivity contribution is 6.18. The summed E-state index contributed by atoms with van der Waals surface area (Å²) in [5.41, 5.74) is 0. The lowest BCUT2D eigenvalue weighted by Gasteiger charge is -2.27. The number of carbonyl (C=O) groups is 1. The SMILES string of the molecule is COCC(CCl)NC(=O)C1COc2ccccc2O1. The van der Waals surface area contributed by atoms with E-state index in [0.29, 0.717) is 18.1 Å². The summed E-state index contributed by atoms with van der Waals surface area (Å²) in [7, 11) is 1.56. The van der Waals surface area contributed by atoms with Gasteiger partial charge in [0, 0.05) is 13.0 Å². The van der Waals surface area contributed by atoms with E-state index in [0.717, 1.165) is 0 Å². The van der Waals surface area contributed by atoms with Crippen LogP contribution in [0.25, 0.3) is 0 Å². The van der Waals surface area contributed by atoms with Crippen molar-refractivity contribution in [1.29, 1.82) is 0 Å². The predicted molar refractivity (Wildman–Crippen MR) is 70.9 cm³/mol. The van der Waals surface area contributed by atoms with Crippen LogP contribution in [0.1, 0.15) is 0 Å². The molecule has 2 rings (SSSR count). The number of nitrogens with one attached hydrogen (secondary N) is 1. The molecule has 2 atom stereocenters. The Hall–Kier alpha value is -1.46. The minimum Gasteiger partial charge on any atom is -0.485 e. The van der Waals surface area contributed by atoms with E-state index in [1.807, 2.05) is 12.1 Å². The Bertz CT molecular complexity index is 440. The smallest absolute Gasteiger partial charge is 0.265 e. The second-order valence-corrected chi connectivity index (χ2v) is 4.49. The van der Waals surface area contributed by atoms with Crippen molar-refractivity contribution < 1.29 is 19.0 Å². The minimum atomic E-state index is -0.669. The zero-order valence-corrected chi connectivity index (χ0v) is 11.4. The number of para-hydroxylation sites is 2. The number of amides is 1. The number of methoxy groups -OCH3 is 1. The molecule has 1 aromatic rings. The fourth-order valence-electron chi connectivity index (χ4n) is 1.77. The molecule has 2 unspecified atom stereocenters. The van der Waals surface area contributed by atoms with E-state index in [4.69, 9.17) is 25.8 Å². The molecule has 0 aromatic heterocycles. The number of alkyl halides is 1. The number of benzene rings is 1. The average molecular weight is 286 g/mol. The maximum Gasteiger partial charge on any atom is 0.265 e. The second-order valence-electron chi connectivity index (χ2n) is 4.18. The van der Waals surface area contributed by atoms with Crippen LogP contribution >= 0.6 is 11.6 Å². The van der Waals surface area contributed by atoms with E-state index in [1.165, 1.54) is 0 Å². The van der Waals surface area contributed by atoms with Gasteiger partial charge in [0.15, 0.2) is 11.5 Å². The highest BCUT2D eigenvalue weighted by Gasteiger charge is 2.28. The molecule has 0 saturated carbocycles. The van der Waals surface area contributed by atoms with Gasteiger partial charge in [-0.1, -0.05) is 12.1 Å². The Morgan fingerprint density at radius 3 is 2.95 bits per heavy atom. The van der Waals surface area contributed by atoms with E-state index in [1.54, 1.807) is 19.2 Å². The van der Waals surface area contributed by atoms with Crippen molar-refractivity contribution in [3.8, 4) is 11.5 Å². The molecule has 1 heterocycles. The molecular weight excluding hydrogens is 270 g/mol. The van der Waals surface area contributed by atoms with Crippen LogP contribution in [-0.4, -0.2) is 44.3 Å². The number of ether oxygens (including phenoxy) is 3. The van der Waals surface area contributed by atoms with Gasteiger partial charge in [-0.25, -0.2) is 0 Å². The Balaban J connectivity index is 1.95. The summed E-state index contributed by atoms with van der Waals surface area (Å²) in [4.78, 5) is 12.0. The van der Waals surface area contributed by atoms with Crippen molar-refractivity contribution in [3.63, 3.8) is 0 Å². The molecule has 104 valence electrons. The number of halogens is 1. The van der Waals surface area contributed by atoms with Crippen LogP contribution in [0.2, 0.25) is 0 Å². The van der Waals surface area contributed by atoms with Crippen molar-refractivity contribution in [2.45, 2.75) is 12.1 Å². The predicted octanol–water partition coefficient (Wildman–Crippen LogP) is 1.20. The van der Waals surface area contributed by atoms with Gasteiger partial charge >= 0.3 is 0 Å². The number of hydrogen-bond donors (Lipinski definition) is 1. The highest BCUT2D eigenvalue weighted by Crippen LogP contribution is 2.30. The third-order valence-electron chi connectivity index (χ3n) is 2.70. The Morgan fingerprint density at radius 1 is 1.53 bits per heavy atom.